The van der Waals surface area contributed by atoms with Gasteiger partial charge in [-0.05, 0) is 60.7 Å². The second-order valence-corrected chi connectivity index (χ2v) is 7.54. The fourth-order valence-corrected chi connectivity index (χ4v) is 3.36. The molecule has 1 N–H and O–H groups in total. The molecule has 1 amide bonds. The molecule has 1 aromatic heterocycles. The lowest BCUT2D eigenvalue weighted by Gasteiger charge is -2.06. The Kier molecular flexibility index (Phi) is 4.60. The van der Waals surface area contributed by atoms with Crippen molar-refractivity contribution in [2.75, 3.05) is 11.6 Å². The number of nitrogens with one attached hydrogen (secondary N) is 1. The molecular formula is C22H17NO3S. The molecule has 1 heterocycles. The van der Waals surface area contributed by atoms with E-state index < -0.39 is 10.8 Å². The standard InChI is InChI=1S/C22H17NO3S/c1-27(25)19-12-8-16(9-13-19)22(24)23-18-10-6-15(7-11-18)21-14-17-4-2-3-5-20(17)26-21/h2-14H,1H3,(H,23,24)/t27-/m0/s1. The topological polar surface area (TPSA) is 59.3 Å². The third kappa shape index (κ3) is 3.68. The van der Waals surface area contributed by atoms with Gasteiger partial charge in [-0.15, -0.1) is 0 Å². The second-order valence-electron chi connectivity index (χ2n) is 6.16. The summed E-state index contributed by atoms with van der Waals surface area (Å²) in [6.45, 7) is 0. The lowest BCUT2D eigenvalue weighted by Crippen LogP contribution is -2.11. The maximum atomic E-state index is 12.4. The Morgan fingerprint density at radius 2 is 1.63 bits per heavy atom. The Bertz CT molecular complexity index is 1100. The van der Waals surface area contributed by atoms with E-state index in [-0.39, 0.29) is 5.91 Å². The average Bonchev–Trinajstić information content (AvgIpc) is 3.13. The van der Waals surface area contributed by atoms with Gasteiger partial charge in [-0.1, -0.05) is 18.2 Å². The number of hydrogen-bond acceptors (Lipinski definition) is 3. The van der Waals surface area contributed by atoms with Crippen molar-refractivity contribution in [3.8, 4) is 11.3 Å². The molecule has 27 heavy (non-hydrogen) atoms. The van der Waals surface area contributed by atoms with Crippen LogP contribution >= 0.6 is 0 Å². The van der Waals surface area contributed by atoms with Gasteiger partial charge in [0.2, 0.25) is 0 Å². The van der Waals surface area contributed by atoms with E-state index in [1.54, 1.807) is 30.5 Å². The summed E-state index contributed by atoms with van der Waals surface area (Å²) in [5.74, 6) is 0.581. The zero-order valence-electron chi connectivity index (χ0n) is 14.6. The van der Waals surface area contributed by atoms with Crippen molar-refractivity contribution in [2.45, 2.75) is 4.90 Å². The summed E-state index contributed by atoms with van der Waals surface area (Å²) < 4.78 is 17.3. The Labute approximate surface area is 159 Å². The van der Waals surface area contributed by atoms with Gasteiger partial charge < -0.3 is 9.73 Å². The molecule has 3 aromatic carbocycles. The maximum absolute atomic E-state index is 12.4. The van der Waals surface area contributed by atoms with E-state index in [0.717, 1.165) is 22.3 Å². The van der Waals surface area contributed by atoms with Crippen molar-refractivity contribution in [2.24, 2.45) is 0 Å². The summed E-state index contributed by atoms with van der Waals surface area (Å²) in [5.41, 5.74) is 3.01. The summed E-state index contributed by atoms with van der Waals surface area (Å²) in [4.78, 5) is 13.1. The van der Waals surface area contributed by atoms with E-state index in [9.17, 15) is 9.00 Å². The number of benzene rings is 3. The van der Waals surface area contributed by atoms with Crippen LogP contribution in [0.1, 0.15) is 10.4 Å². The minimum Gasteiger partial charge on any atom is -0.456 e. The number of para-hydroxylation sites is 1. The third-order valence-electron chi connectivity index (χ3n) is 4.30. The van der Waals surface area contributed by atoms with Gasteiger partial charge in [0, 0.05) is 44.2 Å². The van der Waals surface area contributed by atoms with Crippen LogP contribution in [0.4, 0.5) is 5.69 Å². The number of fused-ring (bicyclic) bond motifs is 1. The van der Waals surface area contributed by atoms with Crippen molar-refractivity contribution >= 4 is 33.4 Å². The highest BCUT2D eigenvalue weighted by Gasteiger charge is 2.09. The molecule has 0 aliphatic rings. The number of hydrogen-bond donors (Lipinski definition) is 1. The molecule has 0 saturated heterocycles. The van der Waals surface area contributed by atoms with E-state index in [1.165, 1.54) is 0 Å². The van der Waals surface area contributed by atoms with Crippen molar-refractivity contribution in [3.05, 3.63) is 84.4 Å². The van der Waals surface area contributed by atoms with Crippen molar-refractivity contribution in [1.82, 2.24) is 0 Å². The summed E-state index contributed by atoms with van der Waals surface area (Å²) in [6.07, 6.45) is 1.61. The fourth-order valence-electron chi connectivity index (χ4n) is 2.84. The van der Waals surface area contributed by atoms with Gasteiger partial charge >= 0.3 is 0 Å². The SMILES string of the molecule is C[S@](=O)c1ccc(C(=O)Nc2ccc(-c3cc4ccccc4o3)cc2)cc1. The minimum atomic E-state index is -1.06. The zero-order chi connectivity index (χ0) is 18.8. The smallest absolute Gasteiger partial charge is 0.255 e. The summed E-state index contributed by atoms with van der Waals surface area (Å²) in [6, 6.07) is 24.1. The van der Waals surface area contributed by atoms with Crippen LogP contribution in [-0.4, -0.2) is 16.4 Å². The first kappa shape index (κ1) is 17.2. The molecule has 5 heteroatoms. The first-order valence-corrected chi connectivity index (χ1v) is 10.00. The number of amides is 1. The highest BCUT2D eigenvalue weighted by molar-refractivity contribution is 7.84. The van der Waals surface area contributed by atoms with Crippen LogP contribution < -0.4 is 5.32 Å². The lowest BCUT2D eigenvalue weighted by atomic mass is 10.1. The minimum absolute atomic E-state index is 0.208. The molecule has 0 spiro atoms. The van der Waals surface area contributed by atoms with Crippen LogP contribution in [0.25, 0.3) is 22.3 Å². The quantitative estimate of drug-likeness (QED) is 0.540. The van der Waals surface area contributed by atoms with Gasteiger partial charge in [0.25, 0.3) is 5.91 Å². The Hall–Kier alpha value is -3.18. The van der Waals surface area contributed by atoms with E-state index in [2.05, 4.69) is 5.32 Å². The maximum Gasteiger partial charge on any atom is 0.255 e. The number of anilines is 1. The van der Waals surface area contributed by atoms with Crippen LogP contribution in [0.5, 0.6) is 0 Å². The average molecular weight is 375 g/mol. The predicted octanol–water partition coefficient (Wildman–Crippen LogP) is 5.09. The van der Waals surface area contributed by atoms with E-state index in [0.29, 0.717) is 16.1 Å². The van der Waals surface area contributed by atoms with E-state index in [4.69, 9.17) is 4.42 Å². The molecule has 4 nitrogen and oxygen atoms in total. The highest BCUT2D eigenvalue weighted by Crippen LogP contribution is 2.28. The van der Waals surface area contributed by atoms with Gasteiger partial charge in [0.1, 0.15) is 11.3 Å². The van der Waals surface area contributed by atoms with Crippen LogP contribution in [-0.2, 0) is 10.8 Å². The monoisotopic (exact) mass is 375 g/mol. The summed E-state index contributed by atoms with van der Waals surface area (Å²) in [7, 11) is -1.06. The van der Waals surface area contributed by atoms with Crippen molar-refractivity contribution < 1.29 is 13.4 Å². The second kappa shape index (κ2) is 7.21. The van der Waals surface area contributed by atoms with Crippen LogP contribution in [0.15, 0.2) is 88.2 Å². The predicted molar refractivity (Wildman–Crippen MR) is 108 cm³/mol. The Balaban J connectivity index is 1.50. The van der Waals surface area contributed by atoms with Gasteiger partial charge in [0.15, 0.2) is 0 Å². The third-order valence-corrected chi connectivity index (χ3v) is 5.24. The number of rotatable bonds is 4. The van der Waals surface area contributed by atoms with Gasteiger partial charge in [0.05, 0.1) is 0 Å². The highest BCUT2D eigenvalue weighted by atomic mass is 32.2. The Morgan fingerprint density at radius 3 is 2.30 bits per heavy atom. The number of carbonyl (C=O) groups excluding carboxylic acids is 1. The van der Waals surface area contributed by atoms with Gasteiger partial charge in [-0.3, -0.25) is 9.00 Å². The number of carbonyl (C=O) groups is 1. The first-order valence-electron chi connectivity index (χ1n) is 8.44. The molecule has 0 aliphatic carbocycles. The summed E-state index contributed by atoms with van der Waals surface area (Å²) >= 11 is 0. The fraction of sp³-hybridized carbons (Fsp3) is 0.0455. The Morgan fingerprint density at radius 1 is 0.926 bits per heavy atom. The molecule has 0 bridgehead atoms. The van der Waals surface area contributed by atoms with E-state index in [1.807, 2.05) is 54.6 Å². The molecule has 0 fully saturated rings. The molecule has 0 aliphatic heterocycles. The normalized spacial score (nSPS) is 12.0. The molecule has 134 valence electrons. The molecule has 0 radical (unpaired) electrons. The first-order chi connectivity index (χ1) is 13.1. The van der Waals surface area contributed by atoms with Crippen molar-refractivity contribution in [1.29, 1.82) is 0 Å². The molecule has 1 atom stereocenters. The van der Waals surface area contributed by atoms with Crippen molar-refractivity contribution in [3.63, 3.8) is 0 Å². The molecular weight excluding hydrogens is 358 g/mol. The van der Waals surface area contributed by atoms with Crippen LogP contribution in [0.2, 0.25) is 0 Å². The van der Waals surface area contributed by atoms with Crippen LogP contribution in [0, 0.1) is 0 Å². The largest absolute Gasteiger partial charge is 0.456 e. The van der Waals surface area contributed by atoms with E-state index >= 15 is 0 Å². The zero-order valence-corrected chi connectivity index (χ0v) is 15.5. The van der Waals surface area contributed by atoms with Crippen LogP contribution in [0.3, 0.4) is 0 Å². The molecule has 4 aromatic rings. The molecule has 0 unspecified atom stereocenters. The number of furan rings is 1. The van der Waals surface area contributed by atoms with Gasteiger partial charge in [-0.2, -0.15) is 0 Å². The van der Waals surface area contributed by atoms with Gasteiger partial charge in [-0.25, -0.2) is 0 Å². The molecule has 4 rings (SSSR count). The summed E-state index contributed by atoms with van der Waals surface area (Å²) in [5, 5.41) is 3.92. The molecule has 0 saturated carbocycles. The lowest BCUT2D eigenvalue weighted by molar-refractivity contribution is 0.102.